The van der Waals surface area contributed by atoms with Gasteiger partial charge in [0, 0.05) is 5.56 Å². The Morgan fingerprint density at radius 1 is 1.18 bits per heavy atom. The van der Waals surface area contributed by atoms with Crippen LogP contribution in [0.2, 0.25) is 0 Å². The third kappa shape index (κ3) is 3.07. The topological polar surface area (TPSA) is 72.9 Å². The summed E-state index contributed by atoms with van der Waals surface area (Å²) < 4.78 is 9.01. The Labute approximate surface area is 149 Å². The molecule has 11 heteroatoms. The van der Waals surface area contributed by atoms with E-state index in [1.54, 1.807) is 18.2 Å². The summed E-state index contributed by atoms with van der Waals surface area (Å²) in [4.78, 5) is 0. The summed E-state index contributed by atoms with van der Waals surface area (Å²) in [5.74, 6) is 0.909. The lowest BCUT2D eigenvalue weighted by Gasteiger charge is -2.32. The van der Waals surface area contributed by atoms with Crippen LogP contribution < -0.4 is 4.74 Å². The van der Waals surface area contributed by atoms with E-state index in [0.717, 1.165) is 0 Å². The number of fused-ring (bicyclic) bond motifs is 1. The maximum absolute atomic E-state index is 5.86. The van der Waals surface area contributed by atoms with E-state index in [1.165, 1.54) is 0 Å². The number of alkyl halides is 3. The molecule has 116 valence electrons. The van der Waals surface area contributed by atoms with E-state index in [9.17, 15) is 0 Å². The van der Waals surface area contributed by atoms with Gasteiger partial charge in [0.25, 0.3) is 10.1 Å². The number of aromatic nitrogens is 4. The fourth-order valence-corrected chi connectivity index (χ4v) is 2.38. The number of aromatic amines is 1. The predicted molar refractivity (Wildman–Crippen MR) is 84.0 cm³/mol. The first-order valence-corrected chi connectivity index (χ1v) is 7.59. The Kier molecular flexibility index (Phi) is 4.31. The van der Waals surface area contributed by atoms with Gasteiger partial charge in [0.15, 0.2) is 5.76 Å². The first-order chi connectivity index (χ1) is 10.4. The molecule has 0 radical (unpaired) electrons. The molecule has 3 rings (SSSR count). The van der Waals surface area contributed by atoms with Crippen LogP contribution in [0.4, 0.5) is 0 Å². The summed E-state index contributed by atoms with van der Waals surface area (Å²) in [6, 6.07) is 5.03. The molecule has 1 aliphatic rings. The van der Waals surface area contributed by atoms with Crippen molar-refractivity contribution in [3.63, 3.8) is 0 Å². The summed E-state index contributed by atoms with van der Waals surface area (Å²) in [7, 11) is 0. The molecule has 1 aliphatic heterocycles. The van der Waals surface area contributed by atoms with Gasteiger partial charge in [-0.05, 0) is 23.4 Å². The van der Waals surface area contributed by atoms with E-state index < -0.39 is 10.1 Å². The van der Waals surface area contributed by atoms with Gasteiger partial charge in [-0.2, -0.15) is 5.21 Å². The fourth-order valence-electron chi connectivity index (χ4n) is 1.82. The molecule has 2 heterocycles. The van der Waals surface area contributed by atoms with E-state index in [2.05, 4.69) is 20.6 Å². The second kappa shape index (κ2) is 5.94. The normalized spacial score (nSPS) is 17.5. The Bertz CT molecular complexity index is 725. The van der Waals surface area contributed by atoms with Crippen LogP contribution in [0.1, 0.15) is 5.56 Å². The highest BCUT2D eigenvalue weighted by Crippen LogP contribution is 2.45. The van der Waals surface area contributed by atoms with Crippen molar-refractivity contribution in [2.75, 3.05) is 0 Å². The lowest BCUT2D eigenvalue weighted by Crippen LogP contribution is -2.36. The van der Waals surface area contributed by atoms with Gasteiger partial charge in [0.2, 0.25) is 5.82 Å². The number of hydrogen-bond acceptors (Lipinski definition) is 5. The first-order valence-electron chi connectivity index (χ1n) is 5.70. The highest BCUT2D eigenvalue weighted by molar-refractivity contribution is 6.68. The molecule has 2 aromatic rings. The summed E-state index contributed by atoms with van der Waals surface area (Å²) in [5.41, 5.74) is 1.13. The molecular formula is C11H5Cl5N4O2. The van der Waals surface area contributed by atoms with Gasteiger partial charge in [0.1, 0.15) is 10.2 Å². The van der Waals surface area contributed by atoms with Gasteiger partial charge in [-0.15, -0.1) is 10.2 Å². The number of ether oxygens (including phenoxy) is 2. The molecule has 0 saturated heterocycles. The van der Waals surface area contributed by atoms with Crippen LogP contribution in [0.5, 0.6) is 5.75 Å². The molecule has 1 aromatic heterocycles. The Balaban J connectivity index is 2.08. The highest BCUT2D eigenvalue weighted by atomic mass is 35.6. The van der Waals surface area contributed by atoms with Crippen LogP contribution in [0.25, 0.3) is 17.1 Å². The molecule has 1 N–H and O–H groups in total. The Morgan fingerprint density at radius 2 is 1.95 bits per heavy atom. The zero-order valence-corrected chi connectivity index (χ0v) is 14.1. The van der Waals surface area contributed by atoms with Crippen molar-refractivity contribution >= 4 is 63.8 Å². The van der Waals surface area contributed by atoms with Crippen molar-refractivity contribution < 1.29 is 9.47 Å². The number of rotatable bonds is 1. The molecule has 1 aromatic carbocycles. The predicted octanol–water partition coefficient (Wildman–Crippen LogP) is 4.08. The quantitative estimate of drug-likeness (QED) is 0.728. The number of nitrogens with one attached hydrogen (secondary N) is 1. The standard InChI is InChI=1S/C11H5Cl5N4O2/c12-8(13)7-5-3-4(9-17-19-20-18-9)1-2-6(5)21-10(22-7)11(14,15)16/h1-3,10H,(H,17,18,19,20). The zero-order valence-electron chi connectivity index (χ0n) is 10.4. The van der Waals surface area contributed by atoms with Crippen LogP contribution in [0.15, 0.2) is 22.7 Å². The van der Waals surface area contributed by atoms with Crippen LogP contribution in [0, 0.1) is 0 Å². The average molecular weight is 402 g/mol. The zero-order chi connectivity index (χ0) is 15.9. The van der Waals surface area contributed by atoms with Crippen molar-refractivity contribution in [3.05, 3.63) is 28.3 Å². The minimum atomic E-state index is -1.82. The molecule has 0 spiro atoms. The summed E-state index contributed by atoms with van der Waals surface area (Å²) >= 11 is 29.1. The summed E-state index contributed by atoms with van der Waals surface area (Å²) in [6.45, 7) is 0. The minimum Gasteiger partial charge on any atom is -0.450 e. The molecule has 6 nitrogen and oxygen atoms in total. The molecule has 1 atom stereocenters. The van der Waals surface area contributed by atoms with E-state index in [0.29, 0.717) is 22.7 Å². The second-order valence-electron chi connectivity index (χ2n) is 4.15. The number of halogens is 5. The maximum Gasteiger partial charge on any atom is 0.288 e. The van der Waals surface area contributed by atoms with E-state index in [-0.39, 0.29) is 10.3 Å². The van der Waals surface area contributed by atoms with Crippen LogP contribution >= 0.6 is 58.0 Å². The number of tetrazole rings is 1. The van der Waals surface area contributed by atoms with Crippen LogP contribution in [-0.4, -0.2) is 30.7 Å². The molecule has 0 saturated carbocycles. The van der Waals surface area contributed by atoms with Gasteiger partial charge >= 0.3 is 0 Å². The molecule has 0 fully saturated rings. The SMILES string of the molecule is ClC(Cl)=C1OC(C(Cl)(Cl)Cl)Oc2ccc(-c3nn[nH]n3)cc21. The van der Waals surface area contributed by atoms with E-state index in [1.807, 2.05) is 0 Å². The van der Waals surface area contributed by atoms with Gasteiger partial charge in [-0.1, -0.05) is 58.0 Å². The van der Waals surface area contributed by atoms with E-state index in [4.69, 9.17) is 67.5 Å². The van der Waals surface area contributed by atoms with Crippen LogP contribution in [0.3, 0.4) is 0 Å². The number of hydrogen-bond donors (Lipinski definition) is 1. The van der Waals surface area contributed by atoms with Crippen molar-refractivity contribution in [3.8, 4) is 17.1 Å². The first kappa shape index (κ1) is 16.0. The number of nitrogens with zero attached hydrogens (tertiary/aromatic N) is 3. The highest BCUT2D eigenvalue weighted by Gasteiger charge is 2.41. The number of benzene rings is 1. The second-order valence-corrected chi connectivity index (χ2v) is 7.46. The lowest BCUT2D eigenvalue weighted by molar-refractivity contribution is -0.0247. The number of H-pyrrole nitrogens is 1. The third-order valence-corrected chi connectivity index (χ3v) is 3.60. The van der Waals surface area contributed by atoms with Gasteiger partial charge in [-0.25, -0.2) is 0 Å². The third-order valence-electron chi connectivity index (χ3n) is 2.73. The van der Waals surface area contributed by atoms with Gasteiger partial charge in [0.05, 0.1) is 5.56 Å². The van der Waals surface area contributed by atoms with Gasteiger partial charge < -0.3 is 9.47 Å². The maximum atomic E-state index is 5.86. The molecule has 0 aliphatic carbocycles. The molecule has 0 bridgehead atoms. The monoisotopic (exact) mass is 400 g/mol. The smallest absolute Gasteiger partial charge is 0.288 e. The average Bonchev–Trinajstić information content (AvgIpc) is 2.98. The van der Waals surface area contributed by atoms with Crippen molar-refractivity contribution in [1.29, 1.82) is 0 Å². The van der Waals surface area contributed by atoms with Crippen molar-refractivity contribution in [2.24, 2.45) is 0 Å². The molecule has 0 amide bonds. The van der Waals surface area contributed by atoms with Crippen molar-refractivity contribution in [2.45, 2.75) is 10.1 Å². The van der Waals surface area contributed by atoms with Crippen LogP contribution in [-0.2, 0) is 4.74 Å². The lowest BCUT2D eigenvalue weighted by atomic mass is 10.1. The summed E-state index contributed by atoms with van der Waals surface area (Å²) in [5, 5.41) is 13.6. The molecule has 1 unspecified atom stereocenters. The Hall–Kier alpha value is -0.920. The molecule has 22 heavy (non-hydrogen) atoms. The fraction of sp³-hybridized carbons (Fsp3) is 0.182. The molecular weight excluding hydrogens is 397 g/mol. The van der Waals surface area contributed by atoms with E-state index >= 15 is 0 Å². The largest absolute Gasteiger partial charge is 0.450 e. The Morgan fingerprint density at radius 3 is 2.55 bits per heavy atom. The minimum absolute atomic E-state index is 0.130. The van der Waals surface area contributed by atoms with Crippen molar-refractivity contribution in [1.82, 2.24) is 20.6 Å². The van der Waals surface area contributed by atoms with Gasteiger partial charge in [-0.3, -0.25) is 0 Å². The summed E-state index contributed by atoms with van der Waals surface area (Å²) in [6.07, 6.45) is -1.19.